The zero-order valence-electron chi connectivity index (χ0n) is 22.9. The summed E-state index contributed by atoms with van der Waals surface area (Å²) in [6, 6.07) is 10.9. The summed E-state index contributed by atoms with van der Waals surface area (Å²) in [6.07, 6.45) is 3.26. The van der Waals surface area contributed by atoms with E-state index in [0.29, 0.717) is 62.1 Å². The number of halogens is 2. The summed E-state index contributed by atoms with van der Waals surface area (Å²) < 4.78 is 21.9. The van der Waals surface area contributed by atoms with Crippen LogP contribution in [-0.4, -0.2) is 70.8 Å². The molecule has 9 nitrogen and oxygen atoms in total. The first-order chi connectivity index (χ1) is 20.1. The minimum absolute atomic E-state index is 0.0575. The predicted molar refractivity (Wildman–Crippen MR) is 150 cm³/mol. The monoisotopic (exact) mass is 590 g/mol. The number of carbonyl (C=O) groups is 3. The maximum atomic E-state index is 15.3. The van der Waals surface area contributed by atoms with Crippen LogP contribution in [0.3, 0.4) is 0 Å². The Morgan fingerprint density at radius 1 is 1.26 bits per heavy atom. The highest BCUT2D eigenvalue weighted by Crippen LogP contribution is 2.50. The number of carboxylic acid groups (broad SMARTS) is 1. The number of carbonyl (C=O) groups excluding carboxylic acids is 2. The zero-order chi connectivity index (χ0) is 29.8. The van der Waals surface area contributed by atoms with Gasteiger partial charge in [-0.05, 0) is 55.5 Å². The molecule has 0 spiro atoms. The lowest BCUT2D eigenvalue weighted by molar-refractivity contribution is -0.121. The maximum Gasteiger partial charge on any atom is 0.335 e. The number of aromatic carboxylic acids is 1. The van der Waals surface area contributed by atoms with E-state index in [1.165, 1.54) is 16.8 Å². The highest BCUT2D eigenvalue weighted by atomic mass is 35.5. The molecule has 0 amide bonds. The second kappa shape index (κ2) is 10.4. The van der Waals surface area contributed by atoms with Crippen molar-refractivity contribution in [3.05, 3.63) is 75.2 Å². The molecular formula is C31H28ClFN4O5. The maximum absolute atomic E-state index is 15.3. The van der Waals surface area contributed by atoms with Gasteiger partial charge in [0.05, 0.1) is 45.1 Å². The van der Waals surface area contributed by atoms with E-state index in [4.69, 9.17) is 16.3 Å². The van der Waals surface area contributed by atoms with E-state index in [2.05, 4.69) is 16.1 Å². The first kappa shape index (κ1) is 28.2. The van der Waals surface area contributed by atoms with E-state index in [1.54, 1.807) is 25.3 Å². The molecule has 6 rings (SSSR count). The summed E-state index contributed by atoms with van der Waals surface area (Å²) in [5.74, 6) is -2.61. The van der Waals surface area contributed by atoms with E-state index in [9.17, 15) is 24.8 Å². The average molecular weight is 591 g/mol. The number of benzene rings is 2. The van der Waals surface area contributed by atoms with Gasteiger partial charge >= 0.3 is 5.97 Å². The number of aromatic nitrogens is 2. The first-order valence-corrected chi connectivity index (χ1v) is 14.1. The SMILES string of the molecule is COC1CN(CC2(C=O)CCc3c(-c4ccc(C(=O)O)cc4F)nn(C(=O)c4c(Cl)cccc4C4(C#N)CC4)c3C2)C1. The van der Waals surface area contributed by atoms with Crippen molar-refractivity contribution >= 4 is 29.8 Å². The summed E-state index contributed by atoms with van der Waals surface area (Å²) in [7, 11) is 1.65. The van der Waals surface area contributed by atoms with Crippen LogP contribution < -0.4 is 0 Å². The lowest BCUT2D eigenvalue weighted by Crippen LogP contribution is -2.56. The van der Waals surface area contributed by atoms with E-state index in [0.717, 1.165) is 12.4 Å². The van der Waals surface area contributed by atoms with E-state index >= 15 is 4.39 Å². The van der Waals surface area contributed by atoms with Crippen LogP contribution >= 0.6 is 11.6 Å². The fraction of sp³-hybridized carbons (Fsp3) is 0.387. The van der Waals surface area contributed by atoms with Crippen LogP contribution in [0.5, 0.6) is 0 Å². The Kier molecular flexibility index (Phi) is 7.00. The van der Waals surface area contributed by atoms with Gasteiger partial charge < -0.3 is 14.6 Å². The number of methoxy groups -OCH3 is 1. The zero-order valence-corrected chi connectivity index (χ0v) is 23.7. The number of nitrogens with zero attached hydrogens (tertiary/aromatic N) is 4. The van der Waals surface area contributed by atoms with Gasteiger partial charge in [-0.15, -0.1) is 0 Å². The number of hydrogen-bond donors (Lipinski definition) is 1. The van der Waals surface area contributed by atoms with Gasteiger partial charge in [0.1, 0.15) is 12.1 Å². The highest BCUT2D eigenvalue weighted by molar-refractivity contribution is 6.34. The van der Waals surface area contributed by atoms with Gasteiger partial charge in [-0.25, -0.2) is 9.18 Å². The summed E-state index contributed by atoms with van der Waals surface area (Å²) in [5, 5.41) is 24.0. The molecule has 2 aliphatic carbocycles. The van der Waals surface area contributed by atoms with Gasteiger partial charge in [0.2, 0.25) is 0 Å². The van der Waals surface area contributed by atoms with Crippen LogP contribution in [-0.2, 0) is 27.8 Å². The fourth-order valence-corrected chi connectivity index (χ4v) is 6.54. The minimum atomic E-state index is -1.27. The molecule has 1 atom stereocenters. The lowest BCUT2D eigenvalue weighted by atomic mass is 9.73. The van der Waals surface area contributed by atoms with Gasteiger partial charge in [-0.2, -0.15) is 15.0 Å². The summed E-state index contributed by atoms with van der Waals surface area (Å²) in [5.41, 5.74) is 0.221. The highest BCUT2D eigenvalue weighted by Gasteiger charge is 2.48. The fourth-order valence-electron chi connectivity index (χ4n) is 6.28. The first-order valence-electron chi connectivity index (χ1n) is 13.7. The van der Waals surface area contributed by atoms with Crippen molar-refractivity contribution in [2.75, 3.05) is 26.7 Å². The Balaban J connectivity index is 1.48. The van der Waals surface area contributed by atoms with Gasteiger partial charge in [0.15, 0.2) is 0 Å². The molecule has 2 aromatic carbocycles. The van der Waals surface area contributed by atoms with Gasteiger partial charge in [0.25, 0.3) is 5.91 Å². The van der Waals surface area contributed by atoms with E-state index < -0.39 is 28.5 Å². The van der Waals surface area contributed by atoms with Gasteiger partial charge in [0, 0.05) is 49.7 Å². The molecule has 0 radical (unpaired) electrons. The van der Waals surface area contributed by atoms with Crippen molar-refractivity contribution < 1.29 is 28.6 Å². The third-order valence-corrected chi connectivity index (χ3v) is 9.21. The van der Waals surface area contributed by atoms with Crippen LogP contribution in [0.4, 0.5) is 4.39 Å². The van der Waals surface area contributed by atoms with Crippen molar-refractivity contribution in [1.29, 1.82) is 5.26 Å². The molecule has 11 heteroatoms. The second-order valence-electron chi connectivity index (χ2n) is 11.6. The topological polar surface area (TPSA) is 126 Å². The van der Waals surface area contributed by atoms with Crippen LogP contribution in [0, 0.1) is 22.6 Å². The van der Waals surface area contributed by atoms with Crippen LogP contribution in [0.2, 0.25) is 5.02 Å². The number of fused-ring (bicyclic) bond motifs is 1. The van der Waals surface area contributed by atoms with Crippen LogP contribution in [0.15, 0.2) is 36.4 Å². The Morgan fingerprint density at radius 2 is 2.02 bits per heavy atom. The predicted octanol–water partition coefficient (Wildman–Crippen LogP) is 4.29. The molecule has 2 heterocycles. The van der Waals surface area contributed by atoms with E-state index in [-0.39, 0.29) is 39.9 Å². The third-order valence-electron chi connectivity index (χ3n) is 8.90. The van der Waals surface area contributed by atoms with Crippen LogP contribution in [0.25, 0.3) is 11.3 Å². The number of likely N-dealkylation sites (tertiary alicyclic amines) is 1. The standard InChI is InChI=1S/C31H28ClFN4O5/c1-42-19-13-36(14-19)16-30(17-38)8-7-21-25(12-30)37(35-27(21)20-6-5-18(29(40)41)11-24(20)33)28(39)26-22(3-2-4-23(26)32)31(15-34)9-10-31/h2-6,11,17,19H,7-10,12-14,16H2,1H3,(H,40,41). The second-order valence-corrected chi connectivity index (χ2v) is 12.0. The summed E-state index contributed by atoms with van der Waals surface area (Å²) in [4.78, 5) is 40.5. The molecule has 1 aromatic heterocycles. The van der Waals surface area contributed by atoms with Crippen LogP contribution in [0.1, 0.15) is 56.8 Å². The van der Waals surface area contributed by atoms with E-state index in [1.807, 2.05) is 0 Å². The molecule has 2 fully saturated rings. The normalized spacial score (nSPS) is 21.2. The molecule has 1 N–H and O–H groups in total. The molecule has 3 aliphatic rings. The molecule has 0 bridgehead atoms. The van der Waals surface area contributed by atoms with Gasteiger partial charge in [-0.3, -0.25) is 9.69 Å². The lowest BCUT2D eigenvalue weighted by Gasteiger charge is -2.44. The van der Waals surface area contributed by atoms with Crippen molar-refractivity contribution in [3.63, 3.8) is 0 Å². The molecular weight excluding hydrogens is 563 g/mol. The number of nitriles is 1. The third kappa shape index (κ3) is 4.62. The molecule has 216 valence electrons. The summed E-state index contributed by atoms with van der Waals surface area (Å²) >= 11 is 6.59. The number of rotatable bonds is 8. The molecule has 3 aromatic rings. The summed E-state index contributed by atoms with van der Waals surface area (Å²) in [6.45, 7) is 1.87. The van der Waals surface area contributed by atoms with Gasteiger partial charge in [-0.1, -0.05) is 23.7 Å². The molecule has 1 saturated heterocycles. The molecule has 1 aliphatic heterocycles. The molecule has 42 heavy (non-hydrogen) atoms. The van der Waals surface area contributed by atoms with Crippen molar-refractivity contribution in [2.45, 2.75) is 43.6 Å². The Morgan fingerprint density at radius 3 is 2.64 bits per heavy atom. The Bertz CT molecular complexity index is 1670. The Labute approximate surface area is 246 Å². The smallest absolute Gasteiger partial charge is 0.335 e. The van der Waals surface area contributed by atoms with Crippen molar-refractivity contribution in [2.24, 2.45) is 5.41 Å². The molecule has 1 saturated carbocycles. The number of hydrogen-bond acceptors (Lipinski definition) is 7. The minimum Gasteiger partial charge on any atom is -0.478 e. The number of aldehydes is 1. The largest absolute Gasteiger partial charge is 0.478 e. The molecule has 1 unspecified atom stereocenters. The van der Waals surface area contributed by atoms with Crippen molar-refractivity contribution in [3.8, 4) is 17.3 Å². The number of carboxylic acids is 1. The Hall–Kier alpha value is -3.91. The van der Waals surface area contributed by atoms with Crippen molar-refractivity contribution in [1.82, 2.24) is 14.7 Å². The quantitative estimate of drug-likeness (QED) is 0.385. The average Bonchev–Trinajstić information content (AvgIpc) is 3.68. The number of ether oxygens (including phenoxy) is 1.